The Kier molecular flexibility index (Phi) is 4.89. The predicted octanol–water partition coefficient (Wildman–Crippen LogP) is 4.42. The summed E-state index contributed by atoms with van der Waals surface area (Å²) in [6.07, 6.45) is 8.99. The van der Waals surface area contributed by atoms with E-state index in [0.29, 0.717) is 19.3 Å². The maximum absolute atomic E-state index is 13.3. The molecule has 2 aliphatic rings. The number of halogens is 1. The SMILES string of the molecule is CC(=O)O[C@@]1(CCC=O)CCCC2=Cc3c(cnn3-c3ccc(F)cc3)C[C@@]21C. The topological polar surface area (TPSA) is 61.2 Å². The van der Waals surface area contributed by atoms with Gasteiger partial charge in [-0.1, -0.05) is 12.5 Å². The Balaban J connectivity index is 1.78. The van der Waals surface area contributed by atoms with E-state index in [1.807, 2.05) is 10.9 Å². The van der Waals surface area contributed by atoms with Gasteiger partial charge in [0.2, 0.25) is 0 Å². The van der Waals surface area contributed by atoms with Crippen LogP contribution in [-0.4, -0.2) is 27.6 Å². The van der Waals surface area contributed by atoms with Gasteiger partial charge in [0.15, 0.2) is 0 Å². The smallest absolute Gasteiger partial charge is 0.303 e. The zero-order valence-corrected chi connectivity index (χ0v) is 16.8. The van der Waals surface area contributed by atoms with E-state index in [1.54, 1.807) is 12.1 Å². The Hall–Kier alpha value is -2.76. The van der Waals surface area contributed by atoms with E-state index in [1.165, 1.54) is 24.6 Å². The minimum absolute atomic E-state index is 0.283. The minimum atomic E-state index is -0.695. The molecule has 2 aromatic rings. The van der Waals surface area contributed by atoms with Gasteiger partial charge in [-0.15, -0.1) is 0 Å². The van der Waals surface area contributed by atoms with E-state index < -0.39 is 5.60 Å². The van der Waals surface area contributed by atoms with Crippen molar-refractivity contribution < 1.29 is 18.7 Å². The molecule has 1 fully saturated rings. The highest BCUT2D eigenvalue weighted by Crippen LogP contribution is 2.56. The molecule has 1 aromatic heterocycles. The summed E-state index contributed by atoms with van der Waals surface area (Å²) in [5.41, 5.74) is 2.98. The van der Waals surface area contributed by atoms with Crippen LogP contribution in [0.2, 0.25) is 0 Å². The van der Waals surface area contributed by atoms with Crippen molar-refractivity contribution in [2.75, 3.05) is 0 Å². The highest BCUT2D eigenvalue weighted by Gasteiger charge is 2.55. The van der Waals surface area contributed by atoms with Crippen molar-refractivity contribution >= 4 is 18.3 Å². The van der Waals surface area contributed by atoms with Crippen LogP contribution in [0.4, 0.5) is 4.39 Å². The van der Waals surface area contributed by atoms with Crippen molar-refractivity contribution in [1.82, 2.24) is 9.78 Å². The standard InChI is InChI=1S/C23H25FN2O3/c1-16(28)29-23(11-4-12-27)10-3-5-18-13-21-17(14-22(18,23)2)15-25-26(21)20-8-6-19(24)7-9-20/h6-9,12-13,15H,3-5,10-11,14H2,1-2H3/t22-,23+/m0/s1. The average Bonchev–Trinajstić information content (AvgIpc) is 3.08. The zero-order chi connectivity index (χ0) is 20.6. The fraction of sp³-hybridized carbons (Fsp3) is 0.435. The van der Waals surface area contributed by atoms with Gasteiger partial charge in [0, 0.05) is 18.8 Å². The van der Waals surface area contributed by atoms with Crippen molar-refractivity contribution in [3.05, 3.63) is 53.1 Å². The van der Waals surface area contributed by atoms with Crippen LogP contribution < -0.4 is 0 Å². The highest BCUT2D eigenvalue weighted by atomic mass is 19.1. The molecule has 5 nitrogen and oxygen atoms in total. The number of aromatic nitrogens is 2. The van der Waals surface area contributed by atoms with Crippen molar-refractivity contribution in [3.8, 4) is 5.69 Å². The Morgan fingerprint density at radius 3 is 2.79 bits per heavy atom. The first kappa shape index (κ1) is 19.6. The molecule has 0 unspecified atom stereocenters. The van der Waals surface area contributed by atoms with E-state index in [-0.39, 0.29) is 17.2 Å². The van der Waals surface area contributed by atoms with Gasteiger partial charge in [-0.25, -0.2) is 9.07 Å². The lowest BCUT2D eigenvalue weighted by Crippen LogP contribution is -2.55. The second kappa shape index (κ2) is 7.25. The van der Waals surface area contributed by atoms with Crippen LogP contribution in [0.15, 0.2) is 36.0 Å². The molecule has 0 spiro atoms. The third kappa shape index (κ3) is 3.20. The van der Waals surface area contributed by atoms with Crippen LogP contribution >= 0.6 is 0 Å². The first-order chi connectivity index (χ1) is 13.9. The average molecular weight is 396 g/mol. The molecule has 0 amide bonds. The van der Waals surface area contributed by atoms with Crippen molar-refractivity contribution in [2.45, 2.75) is 58.0 Å². The number of fused-ring (bicyclic) bond motifs is 2. The third-order valence-electron chi connectivity index (χ3n) is 6.56. The number of benzene rings is 1. The van der Waals surface area contributed by atoms with E-state index in [9.17, 15) is 14.0 Å². The Morgan fingerprint density at radius 2 is 2.10 bits per heavy atom. The number of hydrogen-bond acceptors (Lipinski definition) is 4. The molecule has 0 N–H and O–H groups in total. The lowest BCUT2D eigenvalue weighted by Gasteiger charge is -2.53. The van der Waals surface area contributed by atoms with Gasteiger partial charge < -0.3 is 9.53 Å². The Bertz CT molecular complexity index is 979. The first-order valence-corrected chi connectivity index (χ1v) is 10.1. The van der Waals surface area contributed by atoms with E-state index in [0.717, 1.165) is 42.5 Å². The largest absolute Gasteiger partial charge is 0.458 e. The van der Waals surface area contributed by atoms with Gasteiger partial charge in [-0.2, -0.15) is 5.10 Å². The number of aldehydes is 1. The molecule has 4 rings (SSSR count). The van der Waals surface area contributed by atoms with E-state index in [4.69, 9.17) is 4.74 Å². The van der Waals surface area contributed by atoms with Crippen molar-refractivity contribution in [1.29, 1.82) is 0 Å². The summed E-state index contributed by atoms with van der Waals surface area (Å²) >= 11 is 0. The second-order valence-corrected chi connectivity index (χ2v) is 8.27. The highest BCUT2D eigenvalue weighted by molar-refractivity contribution is 5.68. The number of rotatable bonds is 5. The van der Waals surface area contributed by atoms with Crippen LogP contribution in [0.5, 0.6) is 0 Å². The summed E-state index contributed by atoms with van der Waals surface area (Å²) in [6.45, 7) is 3.58. The van der Waals surface area contributed by atoms with E-state index >= 15 is 0 Å². The Labute approximate surface area is 169 Å². The fourth-order valence-electron chi connectivity index (χ4n) is 5.11. The summed E-state index contributed by atoms with van der Waals surface area (Å²) < 4.78 is 21.1. The summed E-state index contributed by atoms with van der Waals surface area (Å²) in [6, 6.07) is 6.27. The molecule has 0 bridgehead atoms. The molecule has 0 radical (unpaired) electrons. The molecule has 2 aliphatic carbocycles. The van der Waals surface area contributed by atoms with Gasteiger partial charge in [0.1, 0.15) is 17.7 Å². The minimum Gasteiger partial charge on any atom is -0.458 e. The summed E-state index contributed by atoms with van der Waals surface area (Å²) in [5, 5.41) is 4.54. The Morgan fingerprint density at radius 1 is 1.34 bits per heavy atom. The lowest BCUT2D eigenvalue weighted by molar-refractivity contribution is -0.177. The van der Waals surface area contributed by atoms with Crippen LogP contribution in [-0.2, 0) is 20.7 Å². The number of hydrogen-bond donors (Lipinski definition) is 0. The maximum Gasteiger partial charge on any atom is 0.303 e. The second-order valence-electron chi connectivity index (χ2n) is 8.27. The first-order valence-electron chi connectivity index (χ1n) is 10.1. The van der Waals surface area contributed by atoms with Crippen LogP contribution in [0.25, 0.3) is 11.8 Å². The number of esters is 1. The molecule has 1 saturated carbocycles. The zero-order valence-electron chi connectivity index (χ0n) is 16.8. The summed E-state index contributed by atoms with van der Waals surface area (Å²) in [5.74, 6) is -0.597. The van der Waals surface area contributed by atoms with Crippen LogP contribution in [0.1, 0.15) is 57.2 Å². The molecule has 1 aromatic carbocycles. The van der Waals surface area contributed by atoms with Crippen LogP contribution in [0, 0.1) is 11.2 Å². The monoisotopic (exact) mass is 396 g/mol. The third-order valence-corrected chi connectivity index (χ3v) is 6.56. The molecule has 6 heteroatoms. The molecular formula is C23H25FN2O3. The van der Waals surface area contributed by atoms with E-state index in [2.05, 4.69) is 18.1 Å². The van der Waals surface area contributed by atoms with Gasteiger partial charge in [-0.3, -0.25) is 4.79 Å². The van der Waals surface area contributed by atoms with Gasteiger partial charge >= 0.3 is 5.97 Å². The van der Waals surface area contributed by atoms with Crippen LogP contribution in [0.3, 0.4) is 0 Å². The normalized spacial score (nSPS) is 25.6. The molecule has 152 valence electrons. The van der Waals surface area contributed by atoms with Gasteiger partial charge in [0.05, 0.1) is 17.6 Å². The summed E-state index contributed by atoms with van der Waals surface area (Å²) in [4.78, 5) is 23.1. The summed E-state index contributed by atoms with van der Waals surface area (Å²) in [7, 11) is 0. The number of nitrogens with zero attached hydrogens (tertiary/aromatic N) is 2. The van der Waals surface area contributed by atoms with Crippen molar-refractivity contribution in [2.24, 2.45) is 5.41 Å². The quantitative estimate of drug-likeness (QED) is 0.554. The lowest BCUT2D eigenvalue weighted by atomic mass is 9.56. The molecule has 0 aliphatic heterocycles. The molecule has 1 heterocycles. The number of carbonyl (C=O) groups is 2. The predicted molar refractivity (Wildman–Crippen MR) is 107 cm³/mol. The number of ether oxygens (including phenoxy) is 1. The maximum atomic E-state index is 13.3. The molecule has 29 heavy (non-hydrogen) atoms. The fourth-order valence-corrected chi connectivity index (χ4v) is 5.11. The molecule has 0 saturated heterocycles. The molecular weight excluding hydrogens is 371 g/mol. The van der Waals surface area contributed by atoms with Gasteiger partial charge in [0.25, 0.3) is 0 Å². The molecule has 2 atom stereocenters. The van der Waals surface area contributed by atoms with Crippen molar-refractivity contribution in [3.63, 3.8) is 0 Å². The number of carbonyl (C=O) groups excluding carboxylic acids is 2. The van der Waals surface area contributed by atoms with Gasteiger partial charge in [-0.05, 0) is 68.0 Å².